The van der Waals surface area contributed by atoms with Gasteiger partial charge in [0.2, 0.25) is 0 Å². The van der Waals surface area contributed by atoms with Gasteiger partial charge in [-0.15, -0.1) is 0 Å². The molecule has 0 atom stereocenters. The van der Waals surface area contributed by atoms with Gasteiger partial charge in [0.25, 0.3) is 0 Å². The van der Waals surface area contributed by atoms with Crippen molar-refractivity contribution in [3.8, 4) is 0 Å². The highest BCUT2D eigenvalue weighted by atomic mass is 35.5. The van der Waals surface area contributed by atoms with Crippen LogP contribution in [0.25, 0.3) is 0 Å². The number of nitrogens with one attached hydrogen (secondary N) is 1. The third-order valence-corrected chi connectivity index (χ3v) is 3.20. The molecule has 0 unspecified atom stereocenters. The minimum atomic E-state index is -1.08. The normalized spacial score (nSPS) is 10.3. The summed E-state index contributed by atoms with van der Waals surface area (Å²) in [5, 5.41) is 12.5. The lowest BCUT2D eigenvalue weighted by atomic mass is 10.1. The lowest BCUT2D eigenvalue weighted by Gasteiger charge is -2.11. The quantitative estimate of drug-likeness (QED) is 0.892. The molecule has 0 aliphatic heterocycles. The summed E-state index contributed by atoms with van der Waals surface area (Å²) < 4.78 is 13.7. The molecule has 0 spiro atoms. The zero-order valence-corrected chi connectivity index (χ0v) is 11.5. The van der Waals surface area contributed by atoms with E-state index in [0.29, 0.717) is 10.6 Å². The van der Waals surface area contributed by atoms with E-state index in [1.807, 2.05) is 13.0 Å². The molecule has 0 saturated heterocycles. The lowest BCUT2D eigenvalue weighted by Crippen LogP contribution is -2.05. The van der Waals surface area contributed by atoms with E-state index < -0.39 is 11.8 Å². The van der Waals surface area contributed by atoms with Gasteiger partial charge < -0.3 is 10.4 Å². The Morgan fingerprint density at radius 2 is 2.05 bits per heavy atom. The molecule has 3 nitrogen and oxygen atoms in total. The fraction of sp³-hybridized carbons (Fsp3) is 0.133. The second-order valence-electron chi connectivity index (χ2n) is 4.42. The van der Waals surface area contributed by atoms with Crippen LogP contribution in [0.1, 0.15) is 21.5 Å². The average molecular weight is 294 g/mol. The van der Waals surface area contributed by atoms with Crippen LogP contribution >= 0.6 is 11.6 Å². The van der Waals surface area contributed by atoms with Crippen LogP contribution < -0.4 is 5.32 Å². The van der Waals surface area contributed by atoms with Crippen LogP contribution in [-0.2, 0) is 6.54 Å². The van der Waals surface area contributed by atoms with E-state index in [4.69, 9.17) is 16.7 Å². The van der Waals surface area contributed by atoms with E-state index in [2.05, 4.69) is 5.32 Å². The molecular formula is C15H13ClFNO2. The van der Waals surface area contributed by atoms with Gasteiger partial charge in [-0.2, -0.15) is 0 Å². The highest BCUT2D eigenvalue weighted by Gasteiger charge is 2.09. The van der Waals surface area contributed by atoms with E-state index in [1.165, 1.54) is 12.1 Å². The Bertz CT molecular complexity index is 658. The van der Waals surface area contributed by atoms with Crippen molar-refractivity contribution in [3.63, 3.8) is 0 Å². The fourth-order valence-corrected chi connectivity index (χ4v) is 1.99. The molecule has 0 heterocycles. The van der Waals surface area contributed by atoms with E-state index >= 15 is 0 Å². The number of aryl methyl sites for hydroxylation is 1. The summed E-state index contributed by atoms with van der Waals surface area (Å²) in [7, 11) is 0. The molecule has 104 valence electrons. The molecule has 0 aliphatic rings. The molecule has 2 aromatic carbocycles. The van der Waals surface area contributed by atoms with Gasteiger partial charge in [0.15, 0.2) is 0 Å². The topological polar surface area (TPSA) is 49.3 Å². The molecule has 0 bridgehead atoms. The van der Waals surface area contributed by atoms with E-state index in [1.54, 1.807) is 12.1 Å². The average Bonchev–Trinajstić information content (AvgIpc) is 2.41. The number of hydrogen-bond donors (Lipinski definition) is 2. The maximum Gasteiger partial charge on any atom is 0.335 e. The summed E-state index contributed by atoms with van der Waals surface area (Å²) in [6, 6.07) is 9.10. The van der Waals surface area contributed by atoms with Crippen molar-refractivity contribution in [2.45, 2.75) is 13.5 Å². The van der Waals surface area contributed by atoms with Crippen LogP contribution in [0.4, 0.5) is 10.1 Å². The number of carboxylic acids is 1. The molecule has 0 fully saturated rings. The van der Waals surface area contributed by atoms with E-state index in [-0.39, 0.29) is 12.1 Å². The molecule has 5 heteroatoms. The second kappa shape index (κ2) is 5.92. The molecule has 0 radical (unpaired) electrons. The Balaban J connectivity index is 2.20. The van der Waals surface area contributed by atoms with Gasteiger partial charge in [-0.3, -0.25) is 0 Å². The monoisotopic (exact) mass is 293 g/mol. The lowest BCUT2D eigenvalue weighted by molar-refractivity contribution is 0.0696. The number of hydrogen-bond acceptors (Lipinski definition) is 2. The SMILES string of the molecule is Cc1ccc(Cl)cc1NCc1cc(C(=O)O)ccc1F. The Labute approximate surface area is 121 Å². The first kappa shape index (κ1) is 14.3. The van der Waals surface area contributed by atoms with Gasteiger partial charge >= 0.3 is 5.97 Å². The molecule has 2 rings (SSSR count). The summed E-state index contributed by atoms with van der Waals surface area (Å²) in [6.45, 7) is 2.09. The predicted molar refractivity (Wildman–Crippen MR) is 76.9 cm³/mol. The van der Waals surface area contributed by atoms with Gasteiger partial charge in [0.1, 0.15) is 5.82 Å². The number of halogens is 2. The van der Waals surface area contributed by atoms with Crippen molar-refractivity contribution in [3.05, 3.63) is 63.9 Å². The van der Waals surface area contributed by atoms with Gasteiger partial charge in [0.05, 0.1) is 5.56 Å². The Morgan fingerprint density at radius 3 is 2.75 bits per heavy atom. The summed E-state index contributed by atoms with van der Waals surface area (Å²) in [5.41, 5.74) is 2.12. The van der Waals surface area contributed by atoms with Gasteiger partial charge in [-0.05, 0) is 42.8 Å². The largest absolute Gasteiger partial charge is 0.478 e. The fourth-order valence-electron chi connectivity index (χ4n) is 1.82. The Kier molecular flexibility index (Phi) is 4.25. The van der Waals surface area contributed by atoms with Crippen LogP contribution in [0.2, 0.25) is 5.02 Å². The molecule has 2 N–H and O–H groups in total. The van der Waals surface area contributed by atoms with Gasteiger partial charge in [-0.25, -0.2) is 9.18 Å². The van der Waals surface area contributed by atoms with Crippen LogP contribution in [0.3, 0.4) is 0 Å². The van der Waals surface area contributed by atoms with E-state index in [9.17, 15) is 9.18 Å². The zero-order chi connectivity index (χ0) is 14.7. The van der Waals surface area contributed by atoms with Crippen molar-refractivity contribution < 1.29 is 14.3 Å². The van der Waals surface area contributed by atoms with Crippen LogP contribution in [0, 0.1) is 12.7 Å². The molecule has 0 saturated carbocycles. The third kappa shape index (κ3) is 3.27. The summed E-state index contributed by atoms with van der Waals surface area (Å²) in [6.07, 6.45) is 0. The molecule has 0 amide bonds. The maximum atomic E-state index is 13.7. The smallest absolute Gasteiger partial charge is 0.335 e. The summed E-state index contributed by atoms with van der Waals surface area (Å²) >= 11 is 5.90. The molecule has 0 aliphatic carbocycles. The van der Waals surface area contributed by atoms with E-state index in [0.717, 1.165) is 17.3 Å². The minimum Gasteiger partial charge on any atom is -0.478 e. The third-order valence-electron chi connectivity index (χ3n) is 2.96. The first-order valence-electron chi connectivity index (χ1n) is 5.99. The number of aromatic carboxylic acids is 1. The van der Waals surface area contributed by atoms with Crippen LogP contribution in [0.15, 0.2) is 36.4 Å². The molecular weight excluding hydrogens is 281 g/mol. The second-order valence-corrected chi connectivity index (χ2v) is 4.86. The summed E-state index contributed by atoms with van der Waals surface area (Å²) in [5.74, 6) is -1.52. The number of rotatable bonds is 4. The molecule has 2 aromatic rings. The van der Waals surface area contributed by atoms with Crippen LogP contribution in [-0.4, -0.2) is 11.1 Å². The van der Waals surface area contributed by atoms with Crippen molar-refractivity contribution in [2.75, 3.05) is 5.32 Å². The van der Waals surface area contributed by atoms with Crippen LogP contribution in [0.5, 0.6) is 0 Å². The predicted octanol–water partition coefficient (Wildman–Crippen LogP) is 4.10. The Morgan fingerprint density at radius 1 is 1.30 bits per heavy atom. The first-order valence-corrected chi connectivity index (χ1v) is 6.37. The number of carbonyl (C=O) groups is 1. The number of benzene rings is 2. The highest BCUT2D eigenvalue weighted by molar-refractivity contribution is 6.30. The van der Waals surface area contributed by atoms with Crippen molar-refractivity contribution in [1.29, 1.82) is 0 Å². The van der Waals surface area contributed by atoms with Crippen molar-refractivity contribution in [1.82, 2.24) is 0 Å². The zero-order valence-electron chi connectivity index (χ0n) is 10.8. The Hall–Kier alpha value is -2.07. The highest BCUT2D eigenvalue weighted by Crippen LogP contribution is 2.21. The molecule has 0 aromatic heterocycles. The summed E-state index contributed by atoms with van der Waals surface area (Å²) in [4.78, 5) is 10.9. The number of anilines is 1. The van der Waals surface area contributed by atoms with Gasteiger partial charge in [0, 0.05) is 22.8 Å². The molecule has 20 heavy (non-hydrogen) atoms. The van der Waals surface area contributed by atoms with Crippen molar-refractivity contribution >= 4 is 23.3 Å². The minimum absolute atomic E-state index is 0.0611. The van der Waals surface area contributed by atoms with Crippen molar-refractivity contribution in [2.24, 2.45) is 0 Å². The van der Waals surface area contributed by atoms with Gasteiger partial charge in [-0.1, -0.05) is 17.7 Å². The standard InChI is InChI=1S/C15H13ClFNO2/c1-9-2-4-12(16)7-14(9)18-8-11-6-10(15(19)20)3-5-13(11)17/h2-7,18H,8H2,1H3,(H,19,20). The maximum absolute atomic E-state index is 13.7. The first-order chi connectivity index (χ1) is 9.47. The number of carboxylic acid groups (broad SMARTS) is 1.